The third-order valence-corrected chi connectivity index (χ3v) is 2.11. The molecule has 1 atom stereocenters. The Hall–Kier alpha value is -0.610. The Bertz CT molecular complexity index is 159. The highest BCUT2D eigenvalue weighted by molar-refractivity contribution is 5.75. The van der Waals surface area contributed by atoms with E-state index in [4.69, 9.17) is 10.2 Å². The summed E-state index contributed by atoms with van der Waals surface area (Å²) in [4.78, 5) is 13.0. The lowest BCUT2D eigenvalue weighted by molar-refractivity contribution is -0.130. The van der Waals surface area contributed by atoms with Crippen molar-refractivity contribution in [2.24, 2.45) is 0 Å². The van der Waals surface area contributed by atoms with Gasteiger partial charge in [-0.05, 0) is 26.2 Å². The molecule has 0 fully saturated rings. The summed E-state index contributed by atoms with van der Waals surface area (Å²) in [5.74, 6) is 0.0825. The minimum Gasteiger partial charge on any atom is -0.396 e. The van der Waals surface area contributed by atoms with E-state index in [0.717, 1.165) is 6.42 Å². The molecule has 0 aliphatic carbocycles. The first kappa shape index (κ1) is 13.4. The third kappa shape index (κ3) is 6.86. The maximum Gasteiger partial charge on any atom is 0.222 e. The molecule has 0 aromatic rings. The van der Waals surface area contributed by atoms with Gasteiger partial charge in [0.1, 0.15) is 0 Å². The smallest absolute Gasteiger partial charge is 0.222 e. The van der Waals surface area contributed by atoms with Crippen molar-refractivity contribution in [2.45, 2.75) is 38.7 Å². The van der Waals surface area contributed by atoms with Gasteiger partial charge in [-0.1, -0.05) is 0 Å². The molecule has 0 aromatic carbocycles. The molecule has 0 aromatic heterocycles. The molecule has 0 aliphatic rings. The van der Waals surface area contributed by atoms with E-state index < -0.39 is 0 Å². The molecule has 0 spiro atoms. The van der Waals surface area contributed by atoms with Crippen LogP contribution in [0.5, 0.6) is 0 Å². The van der Waals surface area contributed by atoms with Crippen LogP contribution in [0.15, 0.2) is 0 Å². The van der Waals surface area contributed by atoms with Crippen molar-refractivity contribution < 1.29 is 15.0 Å². The molecule has 0 heterocycles. The third-order valence-electron chi connectivity index (χ3n) is 2.11. The van der Waals surface area contributed by atoms with Crippen LogP contribution in [0.25, 0.3) is 0 Å². The van der Waals surface area contributed by atoms with Gasteiger partial charge in [-0.15, -0.1) is 0 Å². The topological polar surface area (TPSA) is 60.8 Å². The van der Waals surface area contributed by atoms with Gasteiger partial charge in [0.2, 0.25) is 5.91 Å². The number of carbonyl (C=O) groups excluding carboxylic acids is 1. The van der Waals surface area contributed by atoms with Crippen LogP contribution in [0, 0.1) is 0 Å². The minimum absolute atomic E-state index is 0.0825. The second-order valence-electron chi connectivity index (χ2n) is 3.63. The van der Waals surface area contributed by atoms with Crippen LogP contribution in [0.2, 0.25) is 0 Å². The van der Waals surface area contributed by atoms with Crippen LogP contribution in [0.4, 0.5) is 0 Å². The van der Waals surface area contributed by atoms with E-state index in [1.807, 2.05) is 0 Å². The normalized spacial score (nSPS) is 12.6. The standard InChI is InChI=1S/C10H21NO3/c1-9(13)6-7-11(2)10(14)5-3-4-8-12/h9,12-13H,3-8H2,1-2H3. The first-order chi connectivity index (χ1) is 6.57. The number of rotatable bonds is 7. The van der Waals surface area contributed by atoms with Gasteiger partial charge in [0, 0.05) is 26.6 Å². The van der Waals surface area contributed by atoms with E-state index in [1.54, 1.807) is 18.9 Å². The fourth-order valence-corrected chi connectivity index (χ4v) is 1.08. The van der Waals surface area contributed by atoms with Crippen molar-refractivity contribution in [3.8, 4) is 0 Å². The SMILES string of the molecule is CC(O)CCN(C)C(=O)CCCCO. The summed E-state index contributed by atoms with van der Waals surface area (Å²) in [5, 5.41) is 17.6. The Morgan fingerprint density at radius 2 is 2.07 bits per heavy atom. The van der Waals surface area contributed by atoms with Gasteiger partial charge in [0.25, 0.3) is 0 Å². The lowest BCUT2D eigenvalue weighted by Gasteiger charge is -2.17. The highest BCUT2D eigenvalue weighted by Gasteiger charge is 2.08. The molecule has 84 valence electrons. The van der Waals surface area contributed by atoms with E-state index in [-0.39, 0.29) is 18.6 Å². The Morgan fingerprint density at radius 1 is 1.43 bits per heavy atom. The maximum atomic E-state index is 11.4. The van der Waals surface area contributed by atoms with Crippen LogP contribution < -0.4 is 0 Å². The van der Waals surface area contributed by atoms with E-state index in [2.05, 4.69) is 0 Å². The Morgan fingerprint density at radius 3 is 2.57 bits per heavy atom. The summed E-state index contributed by atoms with van der Waals surface area (Å²) in [6, 6.07) is 0. The Labute approximate surface area is 85.5 Å². The minimum atomic E-state index is -0.359. The highest BCUT2D eigenvalue weighted by Crippen LogP contribution is 2.00. The second-order valence-corrected chi connectivity index (χ2v) is 3.63. The van der Waals surface area contributed by atoms with Gasteiger partial charge in [-0.25, -0.2) is 0 Å². The van der Waals surface area contributed by atoms with Crippen LogP contribution in [0.3, 0.4) is 0 Å². The molecule has 4 heteroatoms. The van der Waals surface area contributed by atoms with Crippen LogP contribution in [-0.2, 0) is 4.79 Å². The fraction of sp³-hybridized carbons (Fsp3) is 0.900. The predicted molar refractivity (Wildman–Crippen MR) is 54.9 cm³/mol. The molecule has 0 rings (SSSR count). The van der Waals surface area contributed by atoms with Crippen LogP contribution in [-0.4, -0.2) is 47.3 Å². The molecule has 0 aliphatic heterocycles. The second kappa shape index (κ2) is 7.76. The van der Waals surface area contributed by atoms with Crippen molar-refractivity contribution >= 4 is 5.91 Å². The van der Waals surface area contributed by atoms with Crippen LogP contribution in [0.1, 0.15) is 32.6 Å². The fourth-order valence-electron chi connectivity index (χ4n) is 1.08. The number of nitrogens with zero attached hydrogens (tertiary/aromatic N) is 1. The molecule has 14 heavy (non-hydrogen) atoms. The van der Waals surface area contributed by atoms with Gasteiger partial charge < -0.3 is 15.1 Å². The number of aliphatic hydroxyl groups is 2. The number of aliphatic hydroxyl groups excluding tert-OH is 2. The van der Waals surface area contributed by atoms with Crippen molar-refractivity contribution in [3.05, 3.63) is 0 Å². The Balaban J connectivity index is 3.54. The number of unbranched alkanes of at least 4 members (excludes halogenated alkanes) is 1. The predicted octanol–water partition coefficient (Wildman–Crippen LogP) is 0.378. The molecule has 4 nitrogen and oxygen atoms in total. The van der Waals surface area contributed by atoms with Crippen molar-refractivity contribution in [3.63, 3.8) is 0 Å². The monoisotopic (exact) mass is 203 g/mol. The van der Waals surface area contributed by atoms with Crippen LogP contribution >= 0.6 is 0 Å². The molecular formula is C10H21NO3. The first-order valence-corrected chi connectivity index (χ1v) is 5.10. The van der Waals surface area contributed by atoms with E-state index in [9.17, 15) is 4.79 Å². The summed E-state index contributed by atoms with van der Waals surface area (Å²) < 4.78 is 0. The van der Waals surface area contributed by atoms with Crippen molar-refractivity contribution in [2.75, 3.05) is 20.2 Å². The number of hydrogen-bond acceptors (Lipinski definition) is 3. The average Bonchev–Trinajstić information content (AvgIpc) is 2.14. The molecule has 0 radical (unpaired) electrons. The lowest BCUT2D eigenvalue weighted by Crippen LogP contribution is -2.29. The highest BCUT2D eigenvalue weighted by atomic mass is 16.3. The summed E-state index contributed by atoms with van der Waals surface area (Å²) in [6.45, 7) is 2.45. The zero-order valence-electron chi connectivity index (χ0n) is 9.07. The van der Waals surface area contributed by atoms with Gasteiger partial charge in [0.15, 0.2) is 0 Å². The Kier molecular flexibility index (Phi) is 7.42. The number of hydrogen-bond donors (Lipinski definition) is 2. The maximum absolute atomic E-state index is 11.4. The van der Waals surface area contributed by atoms with Gasteiger partial charge >= 0.3 is 0 Å². The van der Waals surface area contributed by atoms with Gasteiger partial charge in [-0.2, -0.15) is 0 Å². The van der Waals surface area contributed by atoms with E-state index >= 15 is 0 Å². The summed E-state index contributed by atoms with van der Waals surface area (Å²) in [7, 11) is 1.74. The van der Waals surface area contributed by atoms with Crippen molar-refractivity contribution in [1.82, 2.24) is 4.90 Å². The zero-order chi connectivity index (χ0) is 11.0. The summed E-state index contributed by atoms with van der Waals surface area (Å²) >= 11 is 0. The van der Waals surface area contributed by atoms with Gasteiger partial charge in [-0.3, -0.25) is 4.79 Å². The van der Waals surface area contributed by atoms with E-state index in [1.165, 1.54) is 0 Å². The van der Waals surface area contributed by atoms with E-state index in [0.29, 0.717) is 25.8 Å². The summed E-state index contributed by atoms with van der Waals surface area (Å²) in [5.41, 5.74) is 0. The number of amides is 1. The average molecular weight is 203 g/mol. The largest absolute Gasteiger partial charge is 0.396 e. The van der Waals surface area contributed by atoms with Crippen molar-refractivity contribution in [1.29, 1.82) is 0 Å². The molecule has 0 bridgehead atoms. The quantitative estimate of drug-likeness (QED) is 0.588. The molecular weight excluding hydrogens is 182 g/mol. The number of carbonyl (C=O) groups is 1. The molecule has 0 saturated carbocycles. The molecule has 1 amide bonds. The zero-order valence-corrected chi connectivity index (χ0v) is 9.07. The molecule has 1 unspecified atom stereocenters. The van der Waals surface area contributed by atoms with Gasteiger partial charge in [0.05, 0.1) is 6.10 Å². The molecule has 2 N–H and O–H groups in total. The first-order valence-electron chi connectivity index (χ1n) is 5.10. The lowest BCUT2D eigenvalue weighted by atomic mass is 10.2. The summed E-state index contributed by atoms with van der Waals surface area (Å²) in [6.07, 6.45) is 2.14. The molecule has 0 saturated heterocycles.